The van der Waals surface area contributed by atoms with E-state index < -0.39 is 17.7 Å². The summed E-state index contributed by atoms with van der Waals surface area (Å²) in [4.78, 5) is 41.3. The van der Waals surface area contributed by atoms with Crippen LogP contribution in [0.3, 0.4) is 0 Å². The Morgan fingerprint density at radius 3 is 2.30 bits per heavy atom. The summed E-state index contributed by atoms with van der Waals surface area (Å²) in [5.74, 6) is -1.52. The van der Waals surface area contributed by atoms with Crippen LogP contribution in [0.25, 0.3) is 0 Å². The third-order valence-electron chi connectivity index (χ3n) is 2.76. The Kier molecular flexibility index (Phi) is 4.44. The number of methoxy groups -OCH3 is 1. The van der Waals surface area contributed by atoms with Crippen LogP contribution in [0, 0.1) is 0 Å². The average molecular weight is 278 g/mol. The van der Waals surface area contributed by atoms with Gasteiger partial charge < -0.3 is 4.74 Å². The van der Waals surface area contributed by atoms with E-state index >= 15 is 0 Å². The summed E-state index contributed by atoms with van der Waals surface area (Å²) in [6, 6.07) is 6.45. The lowest BCUT2D eigenvalue weighted by molar-refractivity contribution is -0.134. The first-order valence-electron chi connectivity index (χ1n) is 6.00. The highest BCUT2D eigenvalue weighted by atomic mass is 16.7. The molecule has 0 bridgehead atoms. The highest BCUT2D eigenvalue weighted by Crippen LogP contribution is 2.21. The number of amides is 3. The molecule has 1 aliphatic heterocycles. The zero-order valence-electron chi connectivity index (χ0n) is 10.9. The molecule has 0 aromatic heterocycles. The number of carbonyl (C=O) groups excluding carboxylic acids is 3. The highest BCUT2D eigenvalue weighted by Gasteiger charge is 2.36. The molecule has 106 valence electrons. The Balaban J connectivity index is 1.93. The van der Waals surface area contributed by atoms with Gasteiger partial charge in [0.1, 0.15) is 6.54 Å². The molecule has 7 nitrogen and oxygen atoms in total. The van der Waals surface area contributed by atoms with Gasteiger partial charge in [-0.1, -0.05) is 12.1 Å². The second-order valence-corrected chi connectivity index (χ2v) is 4.11. The maximum Gasteiger partial charge on any atom is 0.263 e. The molecule has 1 aliphatic rings. The standard InChI is InChI=1S/C13H14N2O5/c1-19-6-7-20-14-11(16)8-15-12(17)9-4-2-3-5-10(9)13(15)18/h2-5H,6-8H2,1H3,(H,14,16). The second-order valence-electron chi connectivity index (χ2n) is 4.11. The van der Waals surface area contributed by atoms with Crippen LogP contribution < -0.4 is 5.48 Å². The van der Waals surface area contributed by atoms with Crippen LogP contribution in [-0.2, 0) is 14.4 Å². The molecule has 1 N–H and O–H groups in total. The fourth-order valence-electron chi connectivity index (χ4n) is 1.82. The van der Waals surface area contributed by atoms with E-state index in [9.17, 15) is 14.4 Å². The summed E-state index contributed by atoms with van der Waals surface area (Å²) in [5.41, 5.74) is 2.77. The number of hydrogen-bond acceptors (Lipinski definition) is 5. The molecular formula is C13H14N2O5. The van der Waals surface area contributed by atoms with Crippen molar-refractivity contribution in [3.05, 3.63) is 35.4 Å². The van der Waals surface area contributed by atoms with E-state index in [2.05, 4.69) is 5.48 Å². The van der Waals surface area contributed by atoms with Gasteiger partial charge in [0.15, 0.2) is 0 Å². The largest absolute Gasteiger partial charge is 0.382 e. The molecule has 0 fully saturated rings. The Bertz CT molecular complexity index is 508. The second kappa shape index (κ2) is 6.27. The SMILES string of the molecule is COCCONC(=O)CN1C(=O)c2ccccc2C1=O. The van der Waals surface area contributed by atoms with E-state index in [-0.39, 0.29) is 13.2 Å². The van der Waals surface area contributed by atoms with Gasteiger partial charge in [-0.3, -0.25) is 24.1 Å². The van der Waals surface area contributed by atoms with Gasteiger partial charge in [-0.2, -0.15) is 0 Å². The van der Waals surface area contributed by atoms with E-state index in [4.69, 9.17) is 9.57 Å². The lowest BCUT2D eigenvalue weighted by Crippen LogP contribution is -2.40. The normalized spacial score (nSPS) is 13.6. The van der Waals surface area contributed by atoms with E-state index in [0.717, 1.165) is 4.90 Å². The number of imide groups is 1. The topological polar surface area (TPSA) is 84.9 Å². The smallest absolute Gasteiger partial charge is 0.263 e. The van der Waals surface area contributed by atoms with Crippen molar-refractivity contribution in [1.29, 1.82) is 0 Å². The molecule has 0 atom stereocenters. The lowest BCUT2D eigenvalue weighted by atomic mass is 10.1. The summed E-state index contributed by atoms with van der Waals surface area (Å²) < 4.78 is 4.74. The Hall–Kier alpha value is -2.25. The zero-order chi connectivity index (χ0) is 14.5. The number of benzene rings is 1. The number of fused-ring (bicyclic) bond motifs is 1. The summed E-state index contributed by atoms with van der Waals surface area (Å²) >= 11 is 0. The zero-order valence-corrected chi connectivity index (χ0v) is 10.9. The maximum absolute atomic E-state index is 12.0. The summed E-state index contributed by atoms with van der Waals surface area (Å²) in [6.45, 7) is 0.136. The van der Waals surface area contributed by atoms with Crippen LogP contribution in [0.15, 0.2) is 24.3 Å². The van der Waals surface area contributed by atoms with E-state index in [1.165, 1.54) is 7.11 Å². The Morgan fingerprint density at radius 1 is 1.15 bits per heavy atom. The minimum Gasteiger partial charge on any atom is -0.382 e. The number of carbonyl (C=O) groups is 3. The molecule has 1 heterocycles. The van der Waals surface area contributed by atoms with Crippen molar-refractivity contribution < 1.29 is 24.0 Å². The minimum absolute atomic E-state index is 0.185. The summed E-state index contributed by atoms with van der Waals surface area (Å²) in [7, 11) is 1.50. The van der Waals surface area contributed by atoms with Gasteiger partial charge in [0.05, 0.1) is 24.3 Å². The molecule has 3 amide bonds. The molecule has 0 unspecified atom stereocenters. The van der Waals surface area contributed by atoms with Crippen molar-refractivity contribution in [3.63, 3.8) is 0 Å². The van der Waals surface area contributed by atoms with Crippen molar-refractivity contribution >= 4 is 17.7 Å². The first-order valence-corrected chi connectivity index (χ1v) is 6.00. The monoisotopic (exact) mass is 278 g/mol. The fourth-order valence-corrected chi connectivity index (χ4v) is 1.82. The molecule has 1 aromatic rings. The average Bonchev–Trinajstić information content (AvgIpc) is 2.69. The van der Waals surface area contributed by atoms with Crippen molar-refractivity contribution in [2.75, 3.05) is 26.9 Å². The molecular weight excluding hydrogens is 264 g/mol. The van der Waals surface area contributed by atoms with Crippen molar-refractivity contribution in [2.45, 2.75) is 0 Å². The summed E-state index contributed by atoms with van der Waals surface area (Å²) in [5, 5.41) is 0. The first kappa shape index (κ1) is 14.2. The number of hydrogen-bond donors (Lipinski definition) is 1. The Morgan fingerprint density at radius 2 is 1.75 bits per heavy atom. The van der Waals surface area contributed by atoms with Gasteiger partial charge in [-0.05, 0) is 12.1 Å². The molecule has 1 aromatic carbocycles. The quantitative estimate of drug-likeness (QED) is 0.449. The number of rotatable bonds is 6. The first-order chi connectivity index (χ1) is 9.65. The van der Waals surface area contributed by atoms with Crippen LogP contribution in [0.4, 0.5) is 0 Å². The highest BCUT2D eigenvalue weighted by molar-refractivity contribution is 6.22. The van der Waals surface area contributed by atoms with Gasteiger partial charge in [-0.25, -0.2) is 5.48 Å². The molecule has 20 heavy (non-hydrogen) atoms. The fraction of sp³-hybridized carbons (Fsp3) is 0.308. The van der Waals surface area contributed by atoms with Crippen molar-refractivity contribution in [2.24, 2.45) is 0 Å². The molecule has 7 heteroatoms. The van der Waals surface area contributed by atoms with Crippen molar-refractivity contribution in [1.82, 2.24) is 10.4 Å². The maximum atomic E-state index is 12.0. The van der Waals surface area contributed by atoms with Gasteiger partial charge in [-0.15, -0.1) is 0 Å². The van der Waals surface area contributed by atoms with Gasteiger partial charge >= 0.3 is 0 Å². The van der Waals surface area contributed by atoms with Crippen LogP contribution in [0.2, 0.25) is 0 Å². The van der Waals surface area contributed by atoms with E-state index in [0.29, 0.717) is 17.7 Å². The number of hydroxylamine groups is 1. The third-order valence-corrected chi connectivity index (χ3v) is 2.76. The van der Waals surface area contributed by atoms with Gasteiger partial charge in [0.2, 0.25) is 0 Å². The minimum atomic E-state index is -0.574. The third kappa shape index (κ3) is 2.84. The predicted octanol–water partition coefficient (Wildman–Crippen LogP) is -0.0232. The number of nitrogens with one attached hydrogen (secondary N) is 1. The van der Waals surface area contributed by atoms with Gasteiger partial charge in [0, 0.05) is 7.11 Å². The molecule has 0 saturated carbocycles. The van der Waals surface area contributed by atoms with Crippen LogP contribution in [-0.4, -0.2) is 49.5 Å². The van der Waals surface area contributed by atoms with Crippen molar-refractivity contribution in [3.8, 4) is 0 Å². The number of ether oxygens (including phenoxy) is 1. The molecule has 0 saturated heterocycles. The van der Waals surface area contributed by atoms with E-state index in [1.54, 1.807) is 24.3 Å². The predicted molar refractivity (Wildman–Crippen MR) is 67.8 cm³/mol. The molecule has 2 rings (SSSR count). The number of nitrogens with zero attached hydrogens (tertiary/aromatic N) is 1. The lowest BCUT2D eigenvalue weighted by Gasteiger charge is -2.13. The van der Waals surface area contributed by atoms with Gasteiger partial charge in [0.25, 0.3) is 17.7 Å². The van der Waals surface area contributed by atoms with Crippen LogP contribution in [0.5, 0.6) is 0 Å². The Labute approximate surface area is 115 Å². The molecule has 0 spiro atoms. The molecule has 0 radical (unpaired) electrons. The molecule has 0 aliphatic carbocycles. The van der Waals surface area contributed by atoms with E-state index in [1.807, 2.05) is 0 Å². The van der Waals surface area contributed by atoms with Crippen LogP contribution >= 0.6 is 0 Å². The summed E-state index contributed by atoms with van der Waals surface area (Å²) in [6.07, 6.45) is 0. The van der Waals surface area contributed by atoms with Crippen LogP contribution in [0.1, 0.15) is 20.7 Å².